The monoisotopic (exact) mass is 359 g/mol. The zero-order valence-corrected chi connectivity index (χ0v) is 12.8. The molecule has 0 aliphatic carbocycles. The molecule has 1 heterocycles. The lowest BCUT2D eigenvalue weighted by Gasteiger charge is -2.26. The van der Waals surface area contributed by atoms with Crippen LogP contribution >= 0.6 is 15.9 Å². The minimum atomic E-state index is -1.57. The van der Waals surface area contributed by atoms with E-state index in [-0.39, 0.29) is 28.6 Å². The van der Waals surface area contributed by atoms with Gasteiger partial charge in [0.25, 0.3) is 0 Å². The first-order chi connectivity index (χ1) is 9.87. The number of aliphatic hydroxyl groups is 1. The molecule has 21 heavy (non-hydrogen) atoms. The topological polar surface area (TPSA) is 33.1 Å². The van der Waals surface area contributed by atoms with Gasteiger partial charge < -0.3 is 5.11 Å². The maximum absolute atomic E-state index is 14.0. The van der Waals surface area contributed by atoms with Crippen LogP contribution in [-0.2, 0) is 12.0 Å². The summed E-state index contributed by atoms with van der Waals surface area (Å²) in [5.41, 5.74) is -1.64. The lowest BCUT2D eigenvalue weighted by atomic mass is 9.88. The molecule has 0 saturated heterocycles. The minimum Gasteiger partial charge on any atom is -0.383 e. The van der Waals surface area contributed by atoms with Crippen LogP contribution in [-0.4, -0.2) is 10.1 Å². The van der Waals surface area contributed by atoms with Gasteiger partial charge in [0.05, 0.1) is 16.4 Å². The van der Waals surface area contributed by atoms with E-state index in [1.54, 1.807) is 6.92 Å². The zero-order valence-electron chi connectivity index (χ0n) is 11.2. The fourth-order valence-corrected chi connectivity index (χ4v) is 2.44. The number of nitrogens with zero attached hydrogens (tertiary/aromatic N) is 1. The Morgan fingerprint density at radius 1 is 1.19 bits per heavy atom. The lowest BCUT2D eigenvalue weighted by Crippen LogP contribution is -2.30. The highest BCUT2D eigenvalue weighted by atomic mass is 79.9. The van der Waals surface area contributed by atoms with Gasteiger partial charge in [-0.05, 0) is 46.6 Å². The summed E-state index contributed by atoms with van der Waals surface area (Å²) in [6.45, 7) is 1.67. The molecule has 0 amide bonds. The molecule has 0 fully saturated rings. The smallest absolute Gasteiger partial charge is 0.143 e. The number of hydrogen-bond donors (Lipinski definition) is 1. The van der Waals surface area contributed by atoms with E-state index in [9.17, 15) is 18.3 Å². The van der Waals surface area contributed by atoms with E-state index in [2.05, 4.69) is 20.9 Å². The number of hydrogen-bond acceptors (Lipinski definition) is 2. The predicted octanol–water partition coefficient (Wildman–Crippen LogP) is 4.10. The highest BCUT2D eigenvalue weighted by Crippen LogP contribution is 2.32. The fourth-order valence-electron chi connectivity index (χ4n) is 2.07. The van der Waals surface area contributed by atoms with Crippen LogP contribution in [0.5, 0.6) is 0 Å². The second kappa shape index (κ2) is 6.15. The summed E-state index contributed by atoms with van der Waals surface area (Å²) < 4.78 is 40.9. The summed E-state index contributed by atoms with van der Waals surface area (Å²) in [5, 5.41) is 10.6. The van der Waals surface area contributed by atoms with E-state index in [4.69, 9.17) is 0 Å². The van der Waals surface area contributed by atoms with Crippen LogP contribution in [0.4, 0.5) is 13.2 Å². The molecule has 0 bridgehead atoms. The van der Waals surface area contributed by atoms with Crippen molar-refractivity contribution in [1.29, 1.82) is 0 Å². The van der Waals surface area contributed by atoms with Crippen molar-refractivity contribution < 1.29 is 18.3 Å². The highest BCUT2D eigenvalue weighted by Gasteiger charge is 2.32. The van der Waals surface area contributed by atoms with Gasteiger partial charge in [-0.15, -0.1) is 0 Å². The van der Waals surface area contributed by atoms with Crippen molar-refractivity contribution in [2.24, 2.45) is 0 Å². The molecule has 2 rings (SSSR count). The Hall–Kier alpha value is -1.40. The van der Waals surface area contributed by atoms with Crippen LogP contribution in [0.15, 0.2) is 34.9 Å². The van der Waals surface area contributed by atoms with E-state index in [0.29, 0.717) is 0 Å². The average Bonchev–Trinajstić information content (AvgIpc) is 2.48. The molecule has 0 spiro atoms. The summed E-state index contributed by atoms with van der Waals surface area (Å²) in [6.07, 6.45) is 0.847. The van der Waals surface area contributed by atoms with Gasteiger partial charge in [-0.25, -0.2) is 13.2 Å². The molecule has 6 heteroatoms. The van der Waals surface area contributed by atoms with Gasteiger partial charge in [-0.3, -0.25) is 4.98 Å². The molecule has 112 valence electrons. The molecule has 1 N–H and O–H groups in total. The first-order valence-electron chi connectivity index (χ1n) is 6.34. The van der Waals surface area contributed by atoms with Crippen molar-refractivity contribution in [3.05, 3.63) is 63.6 Å². The Labute approximate surface area is 128 Å². The molecule has 1 aromatic carbocycles. The molecular weight excluding hydrogens is 347 g/mol. The first kappa shape index (κ1) is 16.0. The van der Waals surface area contributed by atoms with Crippen molar-refractivity contribution in [2.45, 2.75) is 25.4 Å². The number of benzene rings is 1. The van der Waals surface area contributed by atoms with Crippen LogP contribution in [0.1, 0.15) is 24.6 Å². The third-order valence-corrected chi connectivity index (χ3v) is 4.01. The van der Waals surface area contributed by atoms with Gasteiger partial charge in [-0.2, -0.15) is 0 Å². The Morgan fingerprint density at radius 2 is 1.90 bits per heavy atom. The number of halogens is 4. The first-order valence-corrected chi connectivity index (χ1v) is 7.13. The summed E-state index contributed by atoms with van der Waals surface area (Å²) in [4.78, 5) is 3.82. The Balaban J connectivity index is 2.43. The highest BCUT2D eigenvalue weighted by molar-refractivity contribution is 9.10. The summed E-state index contributed by atoms with van der Waals surface area (Å²) in [7, 11) is 0. The Bertz CT molecular complexity index is 648. The second-order valence-corrected chi connectivity index (χ2v) is 5.60. The van der Waals surface area contributed by atoms with Crippen molar-refractivity contribution >= 4 is 15.9 Å². The van der Waals surface area contributed by atoms with Crippen molar-refractivity contribution in [3.8, 4) is 0 Å². The molecule has 0 saturated carbocycles. The third kappa shape index (κ3) is 3.27. The molecule has 0 radical (unpaired) electrons. The molecule has 1 unspecified atom stereocenters. The summed E-state index contributed by atoms with van der Waals surface area (Å²) in [6, 6.07) is 4.84. The summed E-state index contributed by atoms with van der Waals surface area (Å²) in [5.74, 6) is -2.05. The van der Waals surface area contributed by atoms with Gasteiger partial charge in [0.15, 0.2) is 0 Å². The number of pyridine rings is 1. The molecule has 2 nitrogen and oxygen atoms in total. The molecular formula is C15H13BrF3NO. The van der Waals surface area contributed by atoms with Crippen molar-refractivity contribution in [2.75, 3.05) is 0 Å². The van der Waals surface area contributed by atoms with E-state index < -0.39 is 23.1 Å². The largest absolute Gasteiger partial charge is 0.383 e. The minimum absolute atomic E-state index is 0.115. The van der Waals surface area contributed by atoms with E-state index in [0.717, 1.165) is 18.3 Å². The zero-order chi connectivity index (χ0) is 15.6. The van der Waals surface area contributed by atoms with Gasteiger partial charge >= 0.3 is 0 Å². The van der Waals surface area contributed by atoms with Gasteiger partial charge in [0, 0.05) is 12.0 Å². The van der Waals surface area contributed by atoms with E-state index in [1.165, 1.54) is 12.1 Å². The van der Waals surface area contributed by atoms with Crippen LogP contribution in [0.3, 0.4) is 0 Å². The third-order valence-electron chi connectivity index (χ3n) is 3.40. The summed E-state index contributed by atoms with van der Waals surface area (Å²) >= 11 is 2.99. The SMILES string of the molecule is CCC(O)(Cc1c(F)ccc(Br)c1F)c1ccc(F)cn1. The van der Waals surface area contributed by atoms with Crippen LogP contribution in [0, 0.1) is 17.5 Å². The van der Waals surface area contributed by atoms with Crippen LogP contribution < -0.4 is 0 Å². The van der Waals surface area contributed by atoms with E-state index in [1.807, 2.05) is 0 Å². The maximum atomic E-state index is 14.0. The maximum Gasteiger partial charge on any atom is 0.143 e. The van der Waals surface area contributed by atoms with Gasteiger partial charge in [0.1, 0.15) is 23.1 Å². The normalized spacial score (nSPS) is 14.0. The van der Waals surface area contributed by atoms with Crippen LogP contribution in [0.2, 0.25) is 0 Å². The van der Waals surface area contributed by atoms with Gasteiger partial charge in [0.2, 0.25) is 0 Å². The molecule has 1 atom stereocenters. The van der Waals surface area contributed by atoms with Crippen molar-refractivity contribution in [1.82, 2.24) is 4.98 Å². The Morgan fingerprint density at radius 3 is 2.48 bits per heavy atom. The predicted molar refractivity (Wildman–Crippen MR) is 76.1 cm³/mol. The van der Waals surface area contributed by atoms with Crippen LogP contribution in [0.25, 0.3) is 0 Å². The number of rotatable bonds is 4. The molecule has 1 aromatic heterocycles. The van der Waals surface area contributed by atoms with Crippen molar-refractivity contribution in [3.63, 3.8) is 0 Å². The Kier molecular flexibility index (Phi) is 4.68. The molecule has 0 aliphatic heterocycles. The molecule has 2 aromatic rings. The number of aromatic nitrogens is 1. The molecule has 0 aliphatic rings. The van der Waals surface area contributed by atoms with Gasteiger partial charge in [-0.1, -0.05) is 6.92 Å². The quantitative estimate of drug-likeness (QED) is 0.833. The average molecular weight is 360 g/mol. The lowest BCUT2D eigenvalue weighted by molar-refractivity contribution is 0.0264. The standard InChI is InChI=1S/C15H13BrF3NO/c1-2-15(21,13-6-3-9(17)8-20-13)7-10-12(18)5-4-11(16)14(10)19/h3-6,8,21H,2,7H2,1H3. The van der Waals surface area contributed by atoms with E-state index >= 15 is 0 Å². The second-order valence-electron chi connectivity index (χ2n) is 4.75. The fraction of sp³-hybridized carbons (Fsp3) is 0.267.